The van der Waals surface area contributed by atoms with E-state index in [0.29, 0.717) is 16.8 Å². The molecule has 1 N–H and O–H groups in total. The molecule has 1 aliphatic heterocycles. The summed E-state index contributed by atoms with van der Waals surface area (Å²) in [6.07, 6.45) is -1.19. The number of fused-ring (bicyclic) bond motifs is 1. The topological polar surface area (TPSA) is 72.5 Å². The highest BCUT2D eigenvalue weighted by molar-refractivity contribution is 6.05. The first-order valence-corrected chi connectivity index (χ1v) is 9.37. The normalized spacial score (nSPS) is 15.9. The number of para-hydroxylation sites is 1. The zero-order chi connectivity index (χ0) is 20.2. The van der Waals surface area contributed by atoms with E-state index in [1.165, 1.54) is 0 Å². The van der Waals surface area contributed by atoms with E-state index in [0.717, 1.165) is 5.56 Å². The highest BCUT2D eigenvalue weighted by Gasteiger charge is 2.34. The first-order valence-electron chi connectivity index (χ1n) is 9.37. The van der Waals surface area contributed by atoms with Gasteiger partial charge >= 0.3 is 5.97 Å². The van der Waals surface area contributed by atoms with Crippen LogP contribution in [0, 0.1) is 0 Å². The Morgan fingerprint density at radius 2 is 1.48 bits per heavy atom. The number of rotatable bonds is 6. The number of carbonyl (C=O) groups excluding carboxylic acids is 3. The molecule has 2 atom stereocenters. The largest absolute Gasteiger partial charge is 0.449 e. The van der Waals surface area contributed by atoms with E-state index in [4.69, 9.17) is 4.74 Å². The lowest BCUT2D eigenvalue weighted by Gasteiger charge is -2.18. The summed E-state index contributed by atoms with van der Waals surface area (Å²) < 4.78 is 5.61. The zero-order valence-corrected chi connectivity index (χ0v) is 15.6. The summed E-state index contributed by atoms with van der Waals surface area (Å²) in [6.45, 7) is 0. The first-order chi connectivity index (χ1) is 14.1. The van der Waals surface area contributed by atoms with Crippen molar-refractivity contribution in [1.82, 2.24) is 0 Å². The lowest BCUT2D eigenvalue weighted by Crippen LogP contribution is -2.23. The highest BCUT2D eigenvalue weighted by Crippen LogP contribution is 2.35. The van der Waals surface area contributed by atoms with Gasteiger partial charge in [-0.3, -0.25) is 14.4 Å². The second-order valence-corrected chi connectivity index (χ2v) is 6.84. The predicted molar refractivity (Wildman–Crippen MR) is 108 cm³/mol. The molecule has 0 saturated carbocycles. The molecule has 1 aliphatic rings. The van der Waals surface area contributed by atoms with Gasteiger partial charge in [-0.25, -0.2) is 0 Å². The van der Waals surface area contributed by atoms with Crippen molar-refractivity contribution in [3.05, 3.63) is 102 Å². The van der Waals surface area contributed by atoms with Crippen molar-refractivity contribution in [2.45, 2.75) is 18.4 Å². The minimum absolute atomic E-state index is 0.131. The molecule has 1 amide bonds. The fraction of sp³-hybridized carbons (Fsp3) is 0.125. The Labute approximate surface area is 168 Å². The molecule has 0 spiro atoms. The fourth-order valence-electron chi connectivity index (χ4n) is 3.48. The van der Waals surface area contributed by atoms with Gasteiger partial charge in [-0.2, -0.15) is 0 Å². The van der Waals surface area contributed by atoms with Crippen LogP contribution in [0.25, 0.3) is 0 Å². The van der Waals surface area contributed by atoms with Crippen LogP contribution in [0.3, 0.4) is 0 Å². The van der Waals surface area contributed by atoms with Crippen LogP contribution in [0.5, 0.6) is 0 Å². The van der Waals surface area contributed by atoms with Crippen molar-refractivity contribution < 1.29 is 19.1 Å². The van der Waals surface area contributed by atoms with Crippen LogP contribution in [0.2, 0.25) is 0 Å². The molecule has 1 heterocycles. The molecule has 29 heavy (non-hydrogen) atoms. The van der Waals surface area contributed by atoms with Crippen molar-refractivity contribution in [2.24, 2.45) is 0 Å². The third-order valence-electron chi connectivity index (χ3n) is 4.93. The molecule has 0 aliphatic carbocycles. The Balaban J connectivity index is 1.56. The number of ether oxygens (including phenoxy) is 1. The maximum Gasteiger partial charge on any atom is 0.308 e. The third kappa shape index (κ3) is 3.94. The Kier molecular flexibility index (Phi) is 5.20. The number of carbonyl (C=O) groups is 3. The van der Waals surface area contributed by atoms with Crippen molar-refractivity contribution in [2.75, 3.05) is 5.32 Å². The molecule has 4 rings (SSSR count). The summed E-state index contributed by atoms with van der Waals surface area (Å²) in [7, 11) is 0. The van der Waals surface area contributed by atoms with E-state index in [2.05, 4.69) is 5.32 Å². The highest BCUT2D eigenvalue weighted by atomic mass is 16.5. The van der Waals surface area contributed by atoms with E-state index in [9.17, 15) is 14.4 Å². The summed E-state index contributed by atoms with van der Waals surface area (Å²) in [5.41, 5.74) is 2.51. The van der Waals surface area contributed by atoms with E-state index in [1.54, 1.807) is 54.6 Å². The summed E-state index contributed by atoms with van der Waals surface area (Å²) >= 11 is 0. The van der Waals surface area contributed by atoms with Gasteiger partial charge in [0, 0.05) is 16.8 Å². The molecule has 0 saturated heterocycles. The lowest BCUT2D eigenvalue weighted by atomic mass is 9.97. The van der Waals surface area contributed by atoms with Crippen molar-refractivity contribution in [3.63, 3.8) is 0 Å². The maximum absolute atomic E-state index is 13.0. The van der Waals surface area contributed by atoms with E-state index in [1.807, 2.05) is 30.3 Å². The summed E-state index contributed by atoms with van der Waals surface area (Å²) in [5.74, 6) is -1.77. The van der Waals surface area contributed by atoms with Gasteiger partial charge in [0.2, 0.25) is 11.7 Å². The van der Waals surface area contributed by atoms with E-state index in [-0.39, 0.29) is 18.1 Å². The molecule has 5 nitrogen and oxygen atoms in total. The summed E-state index contributed by atoms with van der Waals surface area (Å²) in [4.78, 5) is 38.0. The molecule has 0 aromatic heterocycles. The smallest absolute Gasteiger partial charge is 0.308 e. The Hall–Kier alpha value is -3.73. The molecule has 5 heteroatoms. The molecule has 2 unspecified atom stereocenters. The minimum atomic E-state index is -1.06. The number of hydrogen-bond acceptors (Lipinski definition) is 4. The van der Waals surface area contributed by atoms with Gasteiger partial charge < -0.3 is 10.1 Å². The SMILES string of the molecule is O=C(CC1C(=O)Nc2ccccc21)OC(C(=O)c1ccccc1)c1ccccc1. The van der Waals surface area contributed by atoms with E-state index < -0.39 is 18.0 Å². The number of nitrogens with one attached hydrogen (secondary N) is 1. The second kappa shape index (κ2) is 8.10. The molecule has 0 radical (unpaired) electrons. The molecule has 0 fully saturated rings. The summed E-state index contributed by atoms with van der Waals surface area (Å²) in [5, 5.41) is 2.77. The van der Waals surface area contributed by atoms with Gasteiger partial charge in [0.1, 0.15) is 0 Å². The number of amides is 1. The molecule has 144 valence electrons. The van der Waals surface area contributed by atoms with Crippen molar-refractivity contribution >= 4 is 23.3 Å². The Morgan fingerprint density at radius 3 is 2.21 bits per heavy atom. The number of ketones is 1. The monoisotopic (exact) mass is 385 g/mol. The van der Waals surface area contributed by atoms with Gasteiger partial charge in [0.25, 0.3) is 0 Å². The predicted octanol–water partition coefficient (Wildman–Crippen LogP) is 4.28. The number of benzene rings is 3. The van der Waals surface area contributed by atoms with Crippen LogP contribution in [0.15, 0.2) is 84.9 Å². The minimum Gasteiger partial charge on any atom is -0.449 e. The number of hydrogen-bond donors (Lipinski definition) is 1. The summed E-state index contributed by atoms with van der Waals surface area (Å²) in [6, 6.07) is 24.9. The van der Waals surface area contributed by atoms with Crippen LogP contribution in [0.4, 0.5) is 5.69 Å². The van der Waals surface area contributed by atoms with E-state index >= 15 is 0 Å². The third-order valence-corrected chi connectivity index (χ3v) is 4.93. The van der Waals surface area contributed by atoms with Crippen molar-refractivity contribution in [1.29, 1.82) is 0 Å². The van der Waals surface area contributed by atoms with Crippen LogP contribution in [-0.4, -0.2) is 17.7 Å². The number of esters is 1. The standard InChI is InChI=1S/C24H19NO4/c26-21(15-19-18-13-7-8-14-20(18)25-24(19)28)29-23(17-11-5-2-6-12-17)22(27)16-9-3-1-4-10-16/h1-14,19,23H,15H2,(H,25,28). The van der Waals surface area contributed by atoms with Crippen LogP contribution in [-0.2, 0) is 14.3 Å². The molecule has 3 aromatic rings. The second-order valence-electron chi connectivity index (χ2n) is 6.84. The van der Waals surface area contributed by atoms with Gasteiger partial charge in [0.15, 0.2) is 6.10 Å². The molecule has 0 bridgehead atoms. The van der Waals surface area contributed by atoms with Gasteiger partial charge in [-0.15, -0.1) is 0 Å². The lowest BCUT2D eigenvalue weighted by molar-refractivity contribution is -0.148. The van der Waals surface area contributed by atoms with Crippen LogP contribution < -0.4 is 5.32 Å². The number of anilines is 1. The van der Waals surface area contributed by atoms with Crippen LogP contribution >= 0.6 is 0 Å². The van der Waals surface area contributed by atoms with Gasteiger partial charge in [0.05, 0.1) is 12.3 Å². The van der Waals surface area contributed by atoms with Gasteiger partial charge in [-0.05, 0) is 11.6 Å². The average Bonchev–Trinajstić information content (AvgIpc) is 3.08. The number of Topliss-reactive ketones (excluding diaryl/α,β-unsaturated/α-hetero) is 1. The molecular formula is C24H19NO4. The average molecular weight is 385 g/mol. The first kappa shape index (κ1) is 18.6. The Morgan fingerprint density at radius 1 is 0.862 bits per heavy atom. The zero-order valence-electron chi connectivity index (χ0n) is 15.6. The van der Waals surface area contributed by atoms with Gasteiger partial charge in [-0.1, -0.05) is 78.9 Å². The maximum atomic E-state index is 13.0. The molecule has 3 aromatic carbocycles. The molecular weight excluding hydrogens is 366 g/mol. The van der Waals surface area contributed by atoms with Crippen LogP contribution in [0.1, 0.15) is 39.9 Å². The van der Waals surface area contributed by atoms with Crippen molar-refractivity contribution in [3.8, 4) is 0 Å². The quantitative estimate of drug-likeness (QED) is 0.508. The fourth-order valence-corrected chi connectivity index (χ4v) is 3.48. The Bertz CT molecular complexity index is 1050.